The maximum absolute atomic E-state index is 11.3. The molecule has 1 heterocycles. The van der Waals surface area contributed by atoms with Crippen LogP contribution in [0.4, 0.5) is 0 Å². The van der Waals surface area contributed by atoms with Gasteiger partial charge in [0.25, 0.3) is 0 Å². The van der Waals surface area contributed by atoms with E-state index in [1.54, 1.807) is 6.92 Å². The zero-order chi connectivity index (χ0) is 23.2. The van der Waals surface area contributed by atoms with E-state index in [-0.39, 0.29) is 11.8 Å². The molecule has 6 heteroatoms. The fourth-order valence-corrected chi connectivity index (χ4v) is 5.06. The van der Waals surface area contributed by atoms with Gasteiger partial charge in [-0.25, -0.2) is 0 Å². The van der Waals surface area contributed by atoms with Crippen molar-refractivity contribution in [2.45, 2.75) is 105 Å². The van der Waals surface area contributed by atoms with E-state index in [4.69, 9.17) is 9.47 Å². The van der Waals surface area contributed by atoms with Crippen LogP contribution < -0.4 is 9.47 Å². The molecule has 1 aromatic carbocycles. The highest BCUT2D eigenvalue weighted by atomic mass is 31.2. The molecule has 2 atom stereocenters. The first-order valence-electron chi connectivity index (χ1n) is 11.7. The molecule has 1 aliphatic rings. The SMILES string of the molecule is CCCCCCC/C=C/C1(C)CCc2c(C)c(OC(C)CP(=O)(O)O)c(C)c(C)c2O1. The van der Waals surface area contributed by atoms with Crippen LogP contribution in [0.25, 0.3) is 0 Å². The van der Waals surface area contributed by atoms with Crippen LogP contribution in [0.1, 0.15) is 88.0 Å². The predicted molar refractivity (Wildman–Crippen MR) is 128 cm³/mol. The van der Waals surface area contributed by atoms with Gasteiger partial charge in [-0.2, -0.15) is 0 Å². The lowest BCUT2D eigenvalue weighted by Crippen LogP contribution is -2.35. The van der Waals surface area contributed by atoms with E-state index in [1.807, 2.05) is 20.8 Å². The molecule has 0 saturated carbocycles. The van der Waals surface area contributed by atoms with Gasteiger partial charge < -0.3 is 19.3 Å². The van der Waals surface area contributed by atoms with Crippen LogP contribution >= 0.6 is 7.60 Å². The second-order valence-electron chi connectivity index (χ2n) is 9.31. The van der Waals surface area contributed by atoms with Crippen LogP contribution in [0.2, 0.25) is 0 Å². The third-order valence-electron chi connectivity index (χ3n) is 6.28. The van der Waals surface area contributed by atoms with Gasteiger partial charge in [-0.05, 0) is 83.1 Å². The highest BCUT2D eigenvalue weighted by Crippen LogP contribution is 2.45. The lowest BCUT2D eigenvalue weighted by atomic mass is 9.86. The van der Waals surface area contributed by atoms with E-state index in [9.17, 15) is 14.4 Å². The molecular weight excluding hydrogens is 411 g/mol. The molecule has 1 aliphatic heterocycles. The van der Waals surface area contributed by atoms with Gasteiger partial charge in [0.2, 0.25) is 0 Å². The lowest BCUT2D eigenvalue weighted by molar-refractivity contribution is 0.112. The average Bonchev–Trinajstić information content (AvgIpc) is 2.67. The topological polar surface area (TPSA) is 76.0 Å². The first kappa shape index (κ1) is 26.0. The number of benzene rings is 1. The minimum atomic E-state index is -4.12. The molecule has 0 fully saturated rings. The molecule has 1 aromatic rings. The Balaban J connectivity index is 2.13. The van der Waals surface area contributed by atoms with Gasteiger partial charge in [-0.15, -0.1) is 0 Å². The van der Waals surface area contributed by atoms with Crippen molar-refractivity contribution in [3.8, 4) is 11.5 Å². The summed E-state index contributed by atoms with van der Waals surface area (Å²) in [6, 6.07) is 0. The predicted octanol–water partition coefficient (Wildman–Crippen LogP) is 6.56. The first-order chi connectivity index (χ1) is 14.5. The Labute approximate surface area is 188 Å². The van der Waals surface area contributed by atoms with Crippen molar-refractivity contribution < 1.29 is 23.8 Å². The fraction of sp³-hybridized carbons (Fsp3) is 0.680. The molecule has 31 heavy (non-hydrogen) atoms. The van der Waals surface area contributed by atoms with Crippen molar-refractivity contribution in [3.05, 3.63) is 34.4 Å². The van der Waals surface area contributed by atoms with Crippen LogP contribution in [-0.2, 0) is 11.0 Å². The maximum Gasteiger partial charge on any atom is 0.329 e. The van der Waals surface area contributed by atoms with Crippen molar-refractivity contribution in [2.24, 2.45) is 0 Å². The van der Waals surface area contributed by atoms with Gasteiger partial charge in [0.1, 0.15) is 23.2 Å². The molecule has 0 aromatic heterocycles. The van der Waals surface area contributed by atoms with Crippen molar-refractivity contribution >= 4 is 7.60 Å². The van der Waals surface area contributed by atoms with Crippen molar-refractivity contribution in [1.29, 1.82) is 0 Å². The number of hydrogen-bond acceptors (Lipinski definition) is 3. The number of fused-ring (bicyclic) bond motifs is 1. The van der Waals surface area contributed by atoms with Gasteiger partial charge in [-0.1, -0.05) is 38.7 Å². The summed E-state index contributed by atoms with van der Waals surface area (Å²) >= 11 is 0. The van der Waals surface area contributed by atoms with Gasteiger partial charge in [0.05, 0.1) is 6.16 Å². The van der Waals surface area contributed by atoms with E-state index < -0.39 is 13.7 Å². The number of unbranched alkanes of at least 4 members (excludes halogenated alkanes) is 5. The van der Waals surface area contributed by atoms with Crippen LogP contribution in [-0.4, -0.2) is 27.7 Å². The zero-order valence-corrected chi connectivity index (χ0v) is 21.1. The van der Waals surface area contributed by atoms with Crippen LogP contribution in [0, 0.1) is 20.8 Å². The monoisotopic (exact) mass is 452 g/mol. The molecule has 2 N–H and O–H groups in total. The summed E-state index contributed by atoms with van der Waals surface area (Å²) in [5.74, 6) is 1.67. The minimum Gasteiger partial charge on any atom is -0.489 e. The summed E-state index contributed by atoms with van der Waals surface area (Å²) in [5, 5.41) is 0. The van der Waals surface area contributed by atoms with Crippen molar-refractivity contribution in [2.75, 3.05) is 6.16 Å². The average molecular weight is 453 g/mol. The Bertz CT molecular complexity index is 826. The third kappa shape index (κ3) is 7.37. The Morgan fingerprint density at radius 2 is 1.81 bits per heavy atom. The Kier molecular flexibility index (Phi) is 9.24. The number of ether oxygens (including phenoxy) is 2. The quantitative estimate of drug-likeness (QED) is 0.226. The molecule has 0 amide bonds. The summed E-state index contributed by atoms with van der Waals surface area (Å²) in [6.07, 6.45) is 13.0. The van der Waals surface area contributed by atoms with Gasteiger partial charge in [0.15, 0.2) is 0 Å². The molecule has 0 bridgehead atoms. The molecule has 2 unspecified atom stereocenters. The smallest absolute Gasteiger partial charge is 0.329 e. The third-order valence-corrected chi connectivity index (χ3v) is 7.27. The molecule has 2 rings (SSSR count). The van der Waals surface area contributed by atoms with Crippen LogP contribution in [0.3, 0.4) is 0 Å². The summed E-state index contributed by atoms with van der Waals surface area (Å²) in [4.78, 5) is 18.5. The maximum atomic E-state index is 11.3. The van der Waals surface area contributed by atoms with Gasteiger partial charge in [0, 0.05) is 5.56 Å². The Morgan fingerprint density at radius 1 is 1.13 bits per heavy atom. The molecule has 0 saturated heterocycles. The number of rotatable bonds is 11. The van der Waals surface area contributed by atoms with Crippen molar-refractivity contribution in [3.63, 3.8) is 0 Å². The standard InChI is InChI=1S/C25H41O5P/c1-7-8-9-10-11-12-13-15-25(6)16-14-22-21(5)23(19(3)20(4)24(22)30-25)29-18(2)17-31(26,27)28/h13,15,18H,7-12,14,16-17H2,1-6H3,(H2,26,27,28)/b15-13+. The van der Waals surface area contributed by atoms with E-state index in [2.05, 4.69) is 26.0 Å². The summed E-state index contributed by atoms with van der Waals surface area (Å²) in [6.45, 7) is 12.1. The zero-order valence-electron chi connectivity index (χ0n) is 20.2. The Hall–Kier alpha value is -1.29. The number of hydrogen-bond donors (Lipinski definition) is 2. The lowest BCUT2D eigenvalue weighted by Gasteiger charge is -2.36. The first-order valence-corrected chi connectivity index (χ1v) is 13.5. The largest absolute Gasteiger partial charge is 0.489 e. The summed E-state index contributed by atoms with van der Waals surface area (Å²) in [5.41, 5.74) is 3.86. The van der Waals surface area contributed by atoms with Gasteiger partial charge in [-0.3, -0.25) is 4.57 Å². The normalized spacial score (nSPS) is 19.9. The van der Waals surface area contributed by atoms with E-state index in [0.29, 0.717) is 0 Å². The molecule has 0 radical (unpaired) electrons. The minimum absolute atomic E-state index is 0.292. The van der Waals surface area contributed by atoms with Crippen LogP contribution in [0.15, 0.2) is 12.2 Å². The van der Waals surface area contributed by atoms with E-state index in [0.717, 1.165) is 53.0 Å². The highest BCUT2D eigenvalue weighted by Gasteiger charge is 2.33. The van der Waals surface area contributed by atoms with Gasteiger partial charge >= 0.3 is 7.60 Å². The fourth-order valence-electron chi connectivity index (χ4n) is 4.32. The summed E-state index contributed by atoms with van der Waals surface area (Å²) < 4.78 is 23.9. The highest BCUT2D eigenvalue weighted by molar-refractivity contribution is 7.51. The number of allylic oxidation sites excluding steroid dienone is 1. The van der Waals surface area contributed by atoms with E-state index >= 15 is 0 Å². The molecule has 0 spiro atoms. The molecule has 176 valence electrons. The van der Waals surface area contributed by atoms with Crippen molar-refractivity contribution in [1.82, 2.24) is 0 Å². The molecular formula is C25H41O5P. The Morgan fingerprint density at radius 3 is 2.45 bits per heavy atom. The molecule has 5 nitrogen and oxygen atoms in total. The molecule has 0 aliphatic carbocycles. The second-order valence-corrected chi connectivity index (χ2v) is 11.0. The van der Waals surface area contributed by atoms with E-state index in [1.165, 1.54) is 32.1 Å². The summed E-state index contributed by atoms with van der Waals surface area (Å²) in [7, 11) is -4.12. The second kappa shape index (κ2) is 11.0. The van der Waals surface area contributed by atoms with Crippen LogP contribution in [0.5, 0.6) is 11.5 Å².